The summed E-state index contributed by atoms with van der Waals surface area (Å²) in [6.45, 7) is 0. The smallest absolute Gasteiger partial charge is 0.242 e. The van der Waals surface area contributed by atoms with Crippen molar-refractivity contribution >= 4 is 0 Å². The van der Waals surface area contributed by atoms with Crippen LogP contribution >= 0.6 is 0 Å². The van der Waals surface area contributed by atoms with Gasteiger partial charge in [-0.2, -0.15) is 0 Å². The summed E-state index contributed by atoms with van der Waals surface area (Å²) < 4.78 is 23.3. The summed E-state index contributed by atoms with van der Waals surface area (Å²) in [5.74, 6) is -0.505. The summed E-state index contributed by atoms with van der Waals surface area (Å²) in [6, 6.07) is -0.227. The lowest BCUT2D eigenvalue weighted by molar-refractivity contribution is 0.0193. The van der Waals surface area contributed by atoms with Crippen molar-refractivity contribution < 1.29 is 8.78 Å². The number of hydrogen-bond donors (Lipinski definition) is 1. The largest absolute Gasteiger partial charge is 0.327 e. The highest BCUT2D eigenvalue weighted by atomic mass is 19.3. The molecule has 0 saturated heterocycles. The van der Waals surface area contributed by atoms with Crippen molar-refractivity contribution in [2.45, 2.75) is 25.3 Å². The molecule has 1 nitrogen and oxygen atoms in total. The molecular formula is C5H9F2N. The highest BCUT2D eigenvalue weighted by Gasteiger charge is 2.34. The van der Waals surface area contributed by atoms with Crippen molar-refractivity contribution in [1.82, 2.24) is 0 Å². The van der Waals surface area contributed by atoms with Crippen LogP contribution in [0.4, 0.5) is 8.78 Å². The Morgan fingerprint density at radius 1 is 1.38 bits per heavy atom. The van der Waals surface area contributed by atoms with Crippen molar-refractivity contribution in [3.8, 4) is 0 Å². The number of halogens is 2. The van der Waals surface area contributed by atoms with E-state index in [1.165, 1.54) is 0 Å². The lowest BCUT2D eigenvalue weighted by Crippen LogP contribution is -2.43. The van der Waals surface area contributed by atoms with Gasteiger partial charge in [0, 0.05) is 12.0 Å². The van der Waals surface area contributed by atoms with Crippen LogP contribution in [0.2, 0.25) is 0 Å². The first-order valence-corrected chi connectivity index (χ1v) is 2.75. The van der Waals surface area contributed by atoms with Gasteiger partial charge in [0.2, 0.25) is 6.43 Å². The Morgan fingerprint density at radius 3 is 2.00 bits per heavy atom. The fourth-order valence-corrected chi connectivity index (χ4v) is 0.864. The van der Waals surface area contributed by atoms with E-state index < -0.39 is 12.3 Å². The Bertz CT molecular complexity index is 79.7. The molecule has 1 aliphatic carbocycles. The molecule has 0 aromatic rings. The maximum atomic E-state index is 11.7. The molecule has 8 heavy (non-hydrogen) atoms. The first-order chi connectivity index (χ1) is 3.72. The Morgan fingerprint density at radius 2 is 2.00 bits per heavy atom. The predicted molar refractivity (Wildman–Crippen MR) is 26.7 cm³/mol. The fourth-order valence-electron chi connectivity index (χ4n) is 0.864. The van der Waals surface area contributed by atoms with Crippen molar-refractivity contribution in [2.24, 2.45) is 11.7 Å². The first-order valence-electron chi connectivity index (χ1n) is 2.75. The van der Waals surface area contributed by atoms with Crippen LogP contribution in [0, 0.1) is 5.92 Å². The lowest BCUT2D eigenvalue weighted by Gasteiger charge is -2.32. The maximum absolute atomic E-state index is 11.7. The van der Waals surface area contributed by atoms with E-state index in [4.69, 9.17) is 5.73 Å². The van der Waals surface area contributed by atoms with Gasteiger partial charge in [0.25, 0.3) is 0 Å². The van der Waals surface area contributed by atoms with E-state index in [-0.39, 0.29) is 6.04 Å². The third-order valence-electron chi connectivity index (χ3n) is 1.71. The Labute approximate surface area is 46.9 Å². The van der Waals surface area contributed by atoms with Crippen LogP contribution in [0.3, 0.4) is 0 Å². The van der Waals surface area contributed by atoms with Gasteiger partial charge in [0.15, 0.2) is 0 Å². The number of hydrogen-bond acceptors (Lipinski definition) is 1. The van der Waals surface area contributed by atoms with Crippen LogP contribution < -0.4 is 5.73 Å². The van der Waals surface area contributed by atoms with Gasteiger partial charge in [0.05, 0.1) is 0 Å². The predicted octanol–water partition coefficient (Wildman–Crippen LogP) is 0.989. The maximum Gasteiger partial charge on any atom is 0.242 e. The van der Waals surface area contributed by atoms with E-state index in [0.717, 1.165) is 6.42 Å². The topological polar surface area (TPSA) is 26.0 Å². The van der Waals surface area contributed by atoms with Gasteiger partial charge >= 0.3 is 0 Å². The highest BCUT2D eigenvalue weighted by molar-refractivity contribution is 4.84. The van der Waals surface area contributed by atoms with E-state index in [2.05, 4.69) is 0 Å². The molecule has 0 aliphatic heterocycles. The zero-order valence-electron chi connectivity index (χ0n) is 4.48. The minimum atomic E-state index is -2.20. The van der Waals surface area contributed by atoms with Crippen LogP contribution in [-0.4, -0.2) is 12.5 Å². The molecule has 1 saturated carbocycles. The molecule has 0 heterocycles. The van der Waals surface area contributed by atoms with Crippen LogP contribution in [-0.2, 0) is 0 Å². The molecule has 0 amide bonds. The lowest BCUT2D eigenvalue weighted by atomic mass is 9.81. The second kappa shape index (κ2) is 1.97. The molecule has 1 fully saturated rings. The van der Waals surface area contributed by atoms with E-state index in [0.29, 0.717) is 6.42 Å². The summed E-state index contributed by atoms with van der Waals surface area (Å²) in [7, 11) is 0. The quantitative estimate of drug-likeness (QED) is 0.550. The molecule has 0 aromatic carbocycles. The van der Waals surface area contributed by atoms with E-state index >= 15 is 0 Å². The molecule has 0 aromatic heterocycles. The summed E-state index contributed by atoms with van der Waals surface area (Å²) in [4.78, 5) is 0. The van der Waals surface area contributed by atoms with E-state index in [1.807, 2.05) is 0 Å². The Kier molecular flexibility index (Phi) is 1.47. The van der Waals surface area contributed by atoms with Crippen LogP contribution in [0.5, 0.6) is 0 Å². The minimum Gasteiger partial charge on any atom is -0.327 e. The van der Waals surface area contributed by atoms with Gasteiger partial charge in [-0.05, 0) is 12.8 Å². The SMILES string of the molecule is N[C@@H]1CC[C@@H]1C(F)F. The van der Waals surface area contributed by atoms with Crippen LogP contribution in [0.25, 0.3) is 0 Å². The minimum absolute atomic E-state index is 0.227. The average Bonchev–Trinajstić information content (AvgIpc) is 1.61. The molecule has 1 rings (SSSR count). The zero-order valence-corrected chi connectivity index (χ0v) is 4.48. The standard InChI is InChI=1S/C5H9F2N/c6-5(7)3-1-2-4(3)8/h3-5H,1-2,8H2/t3-,4+/m0/s1. The summed E-state index contributed by atoms with van der Waals surface area (Å²) >= 11 is 0. The molecular weight excluding hydrogens is 112 g/mol. The van der Waals surface area contributed by atoms with Crippen molar-refractivity contribution in [2.75, 3.05) is 0 Å². The fraction of sp³-hybridized carbons (Fsp3) is 1.00. The zero-order chi connectivity index (χ0) is 6.15. The molecule has 0 radical (unpaired) electrons. The average molecular weight is 121 g/mol. The monoisotopic (exact) mass is 121 g/mol. The summed E-state index contributed by atoms with van der Waals surface area (Å²) in [5, 5.41) is 0. The van der Waals surface area contributed by atoms with Crippen LogP contribution in [0.15, 0.2) is 0 Å². The number of rotatable bonds is 1. The van der Waals surface area contributed by atoms with Crippen molar-refractivity contribution in [1.29, 1.82) is 0 Å². The molecule has 0 spiro atoms. The van der Waals surface area contributed by atoms with Gasteiger partial charge in [-0.3, -0.25) is 0 Å². The summed E-state index contributed by atoms with van der Waals surface area (Å²) in [6.07, 6.45) is -0.813. The van der Waals surface area contributed by atoms with Gasteiger partial charge in [0.1, 0.15) is 0 Å². The molecule has 48 valence electrons. The summed E-state index contributed by atoms with van der Waals surface area (Å²) in [5.41, 5.74) is 5.24. The molecule has 2 N–H and O–H groups in total. The van der Waals surface area contributed by atoms with E-state index in [9.17, 15) is 8.78 Å². The Balaban J connectivity index is 2.26. The van der Waals surface area contributed by atoms with Gasteiger partial charge in [-0.15, -0.1) is 0 Å². The molecule has 0 bridgehead atoms. The molecule has 1 aliphatic rings. The molecule has 0 unspecified atom stereocenters. The van der Waals surface area contributed by atoms with Gasteiger partial charge < -0.3 is 5.73 Å². The second-order valence-electron chi connectivity index (χ2n) is 2.24. The van der Waals surface area contributed by atoms with Crippen molar-refractivity contribution in [3.63, 3.8) is 0 Å². The number of alkyl halides is 2. The molecule has 3 heteroatoms. The van der Waals surface area contributed by atoms with Gasteiger partial charge in [-0.25, -0.2) is 8.78 Å². The molecule has 2 atom stereocenters. The third kappa shape index (κ3) is 0.823. The normalized spacial score (nSPS) is 37.5. The van der Waals surface area contributed by atoms with Gasteiger partial charge in [-0.1, -0.05) is 0 Å². The van der Waals surface area contributed by atoms with Crippen LogP contribution in [0.1, 0.15) is 12.8 Å². The number of nitrogens with two attached hydrogens (primary N) is 1. The highest BCUT2D eigenvalue weighted by Crippen LogP contribution is 2.30. The van der Waals surface area contributed by atoms with Crippen molar-refractivity contribution in [3.05, 3.63) is 0 Å². The second-order valence-corrected chi connectivity index (χ2v) is 2.24. The Hall–Kier alpha value is -0.180. The first kappa shape index (κ1) is 5.95. The third-order valence-corrected chi connectivity index (χ3v) is 1.71. The van der Waals surface area contributed by atoms with E-state index in [1.54, 1.807) is 0 Å².